The minimum atomic E-state index is -0.109. The van der Waals surface area contributed by atoms with E-state index in [0.717, 1.165) is 32.1 Å². The van der Waals surface area contributed by atoms with Crippen LogP contribution < -0.4 is 0 Å². The molecule has 0 aliphatic heterocycles. The minimum absolute atomic E-state index is 0.109. The predicted octanol–water partition coefficient (Wildman–Crippen LogP) is 5.84. The highest BCUT2D eigenvalue weighted by Crippen LogP contribution is 2.09. The summed E-state index contributed by atoms with van der Waals surface area (Å²) in [5, 5.41) is 3.00. The molecule has 0 saturated heterocycles. The van der Waals surface area contributed by atoms with Crippen molar-refractivity contribution in [2.24, 2.45) is 5.18 Å². The Labute approximate surface area is 140 Å². The number of carbonyl (C=O) groups excluding carboxylic acids is 1. The number of esters is 1. The van der Waals surface area contributed by atoms with Gasteiger partial charge >= 0.3 is 5.97 Å². The van der Waals surface area contributed by atoms with Crippen LogP contribution in [0.15, 0.2) is 41.3 Å². The average Bonchev–Trinajstić information content (AvgIpc) is 2.57. The number of rotatable bonds is 14. The molecule has 0 heterocycles. The summed E-state index contributed by atoms with van der Waals surface area (Å²) in [6, 6.07) is 0. The van der Waals surface area contributed by atoms with E-state index < -0.39 is 0 Å². The van der Waals surface area contributed by atoms with E-state index in [9.17, 15) is 9.70 Å². The second kappa shape index (κ2) is 16.7. The van der Waals surface area contributed by atoms with Gasteiger partial charge in [-0.05, 0) is 37.3 Å². The van der Waals surface area contributed by atoms with Crippen molar-refractivity contribution in [1.29, 1.82) is 0 Å². The molecule has 0 aromatic carbocycles. The zero-order valence-corrected chi connectivity index (χ0v) is 14.6. The van der Waals surface area contributed by atoms with E-state index in [-0.39, 0.29) is 5.97 Å². The number of allylic oxidation sites excluding steroid dienone is 5. The Kier molecular flexibility index (Phi) is 15.4. The van der Waals surface area contributed by atoms with Crippen LogP contribution in [0.1, 0.15) is 71.1 Å². The molecular weight excluding hydrogens is 290 g/mol. The van der Waals surface area contributed by atoms with Gasteiger partial charge in [-0.1, -0.05) is 56.6 Å². The fraction of sp³-hybridized carbons (Fsp3) is 0.632. The van der Waals surface area contributed by atoms with Gasteiger partial charge in [-0.25, -0.2) is 0 Å². The molecule has 0 aliphatic rings. The first-order chi connectivity index (χ1) is 11.2. The van der Waals surface area contributed by atoms with Crippen LogP contribution in [0, 0.1) is 4.91 Å². The monoisotopic (exact) mass is 321 g/mol. The highest BCUT2D eigenvalue weighted by molar-refractivity contribution is 5.68. The van der Waals surface area contributed by atoms with Crippen molar-refractivity contribution in [3.05, 3.63) is 41.0 Å². The normalized spacial score (nSPS) is 12.2. The molecule has 0 saturated carbocycles. The molecule has 23 heavy (non-hydrogen) atoms. The first kappa shape index (κ1) is 21.3. The lowest BCUT2D eigenvalue weighted by atomic mass is 10.1. The van der Waals surface area contributed by atoms with E-state index in [2.05, 4.69) is 28.1 Å². The molecule has 0 aliphatic carbocycles. The van der Waals surface area contributed by atoms with Gasteiger partial charge in [0.25, 0.3) is 0 Å². The third-order valence-corrected chi connectivity index (χ3v) is 3.47. The van der Waals surface area contributed by atoms with Gasteiger partial charge in [-0.15, -0.1) is 4.91 Å². The van der Waals surface area contributed by atoms with Gasteiger partial charge in [0.1, 0.15) is 0 Å². The first-order valence-electron chi connectivity index (χ1n) is 8.63. The summed E-state index contributed by atoms with van der Waals surface area (Å²) in [5.74, 6) is -0.109. The molecule has 0 aromatic heterocycles. The third-order valence-electron chi connectivity index (χ3n) is 3.47. The van der Waals surface area contributed by atoms with Crippen molar-refractivity contribution in [3.8, 4) is 0 Å². The van der Waals surface area contributed by atoms with Crippen molar-refractivity contribution in [1.82, 2.24) is 0 Å². The zero-order valence-electron chi connectivity index (χ0n) is 14.6. The zero-order chi connectivity index (χ0) is 17.2. The van der Waals surface area contributed by atoms with E-state index in [0.29, 0.717) is 18.5 Å². The van der Waals surface area contributed by atoms with Crippen molar-refractivity contribution in [2.45, 2.75) is 71.1 Å². The lowest BCUT2D eigenvalue weighted by molar-refractivity contribution is -0.140. The Hall–Kier alpha value is -1.71. The SMILES string of the molecule is CC/C=C(/C/C=C\C/C=C\CCCCCCCC(=O)OC)N=O. The highest BCUT2D eigenvalue weighted by atomic mass is 16.5. The largest absolute Gasteiger partial charge is 0.469 e. The maximum atomic E-state index is 10.9. The van der Waals surface area contributed by atoms with Crippen LogP contribution >= 0.6 is 0 Å². The van der Waals surface area contributed by atoms with Gasteiger partial charge in [0.15, 0.2) is 0 Å². The van der Waals surface area contributed by atoms with Crippen LogP contribution in [0.5, 0.6) is 0 Å². The summed E-state index contributed by atoms with van der Waals surface area (Å²) in [4.78, 5) is 21.4. The number of methoxy groups -OCH3 is 1. The van der Waals surface area contributed by atoms with Crippen molar-refractivity contribution >= 4 is 5.97 Å². The molecule has 0 N–H and O–H groups in total. The number of hydrogen-bond donors (Lipinski definition) is 0. The Morgan fingerprint density at radius 1 is 1.00 bits per heavy atom. The summed E-state index contributed by atoms with van der Waals surface area (Å²) in [6.45, 7) is 2.00. The lowest BCUT2D eigenvalue weighted by Crippen LogP contribution is -1.98. The smallest absolute Gasteiger partial charge is 0.305 e. The Morgan fingerprint density at radius 3 is 2.39 bits per heavy atom. The number of ether oxygens (including phenoxy) is 1. The fourth-order valence-corrected chi connectivity index (χ4v) is 2.15. The van der Waals surface area contributed by atoms with Gasteiger partial charge in [-0.2, -0.15) is 0 Å². The summed E-state index contributed by atoms with van der Waals surface area (Å²) in [5.41, 5.74) is 0.611. The second-order valence-corrected chi connectivity index (χ2v) is 5.46. The maximum absolute atomic E-state index is 10.9. The Morgan fingerprint density at radius 2 is 1.70 bits per heavy atom. The van der Waals surface area contributed by atoms with E-state index in [4.69, 9.17) is 0 Å². The molecule has 0 aromatic rings. The standard InChI is InChI=1S/C19H31NO3/c1-3-15-18(20-22)16-13-11-9-7-5-4-6-8-10-12-14-17-19(21)23-2/h5,7,11,13,15H,3-4,6,8-10,12,14,16-17H2,1-2H3/b7-5-,13-11-,18-15-. The molecule has 0 unspecified atom stereocenters. The van der Waals surface area contributed by atoms with E-state index >= 15 is 0 Å². The Balaban J connectivity index is 3.46. The fourth-order valence-electron chi connectivity index (χ4n) is 2.15. The second-order valence-electron chi connectivity index (χ2n) is 5.46. The van der Waals surface area contributed by atoms with Crippen LogP contribution in [-0.2, 0) is 9.53 Å². The summed E-state index contributed by atoms with van der Waals surface area (Å²) in [6.07, 6.45) is 19.9. The van der Waals surface area contributed by atoms with Gasteiger partial charge in [0.05, 0.1) is 12.8 Å². The lowest BCUT2D eigenvalue weighted by Gasteiger charge is -1.99. The van der Waals surface area contributed by atoms with Crippen molar-refractivity contribution in [2.75, 3.05) is 7.11 Å². The van der Waals surface area contributed by atoms with Crippen LogP contribution in [0.4, 0.5) is 0 Å². The minimum Gasteiger partial charge on any atom is -0.469 e. The van der Waals surface area contributed by atoms with E-state index in [1.54, 1.807) is 0 Å². The van der Waals surface area contributed by atoms with Crippen molar-refractivity contribution in [3.63, 3.8) is 0 Å². The van der Waals surface area contributed by atoms with Crippen LogP contribution in [0.25, 0.3) is 0 Å². The average molecular weight is 321 g/mol. The number of nitroso groups, excluding NO2 is 1. The Bertz CT molecular complexity index is 397. The van der Waals surface area contributed by atoms with Gasteiger partial charge < -0.3 is 4.74 Å². The molecule has 130 valence electrons. The topological polar surface area (TPSA) is 55.7 Å². The molecule has 0 bridgehead atoms. The number of nitrogens with zero attached hydrogens (tertiary/aromatic N) is 1. The molecule has 0 atom stereocenters. The molecule has 0 amide bonds. The van der Waals surface area contributed by atoms with Gasteiger partial charge in [0, 0.05) is 12.8 Å². The van der Waals surface area contributed by atoms with Gasteiger partial charge in [-0.3, -0.25) is 4.79 Å². The molecular formula is C19H31NO3. The molecule has 0 radical (unpaired) electrons. The summed E-state index contributed by atoms with van der Waals surface area (Å²) < 4.78 is 4.60. The van der Waals surface area contributed by atoms with E-state index in [1.807, 2.05) is 19.1 Å². The first-order valence-corrected chi connectivity index (χ1v) is 8.63. The van der Waals surface area contributed by atoms with E-state index in [1.165, 1.54) is 26.4 Å². The molecule has 0 rings (SSSR count). The summed E-state index contributed by atoms with van der Waals surface area (Å²) >= 11 is 0. The van der Waals surface area contributed by atoms with Gasteiger partial charge in [0.2, 0.25) is 0 Å². The van der Waals surface area contributed by atoms with Crippen LogP contribution in [0.3, 0.4) is 0 Å². The molecule has 0 fully saturated rings. The molecule has 4 nitrogen and oxygen atoms in total. The van der Waals surface area contributed by atoms with Crippen LogP contribution in [0.2, 0.25) is 0 Å². The molecule has 4 heteroatoms. The number of hydrogen-bond acceptors (Lipinski definition) is 4. The van der Waals surface area contributed by atoms with Crippen molar-refractivity contribution < 1.29 is 9.53 Å². The number of unbranched alkanes of at least 4 members (excludes halogenated alkanes) is 5. The highest BCUT2D eigenvalue weighted by Gasteiger charge is 1.98. The predicted molar refractivity (Wildman–Crippen MR) is 96.0 cm³/mol. The number of carbonyl (C=O) groups is 1. The summed E-state index contributed by atoms with van der Waals surface area (Å²) in [7, 11) is 1.43. The quantitative estimate of drug-likeness (QED) is 0.175. The maximum Gasteiger partial charge on any atom is 0.305 e. The third kappa shape index (κ3) is 15.0. The van der Waals surface area contributed by atoms with Crippen LogP contribution in [-0.4, -0.2) is 13.1 Å². The molecule has 0 spiro atoms.